The molecule has 0 aliphatic carbocycles. The molecule has 20 heavy (non-hydrogen) atoms. The SMILES string of the molecule is CCN(CC)CCCC(C)NCc1occc1C(=O)O. The first-order valence-corrected chi connectivity index (χ1v) is 7.33. The van der Waals surface area contributed by atoms with Gasteiger partial charge in [-0.2, -0.15) is 0 Å². The van der Waals surface area contributed by atoms with Crippen LogP contribution >= 0.6 is 0 Å². The summed E-state index contributed by atoms with van der Waals surface area (Å²) in [5.41, 5.74) is 0.243. The third-order valence-corrected chi connectivity index (χ3v) is 3.59. The van der Waals surface area contributed by atoms with Crippen LogP contribution in [0.4, 0.5) is 0 Å². The minimum Gasteiger partial charge on any atom is -0.478 e. The van der Waals surface area contributed by atoms with Crippen LogP contribution in [0.25, 0.3) is 0 Å². The molecule has 1 unspecified atom stereocenters. The molecule has 0 bridgehead atoms. The average molecular weight is 282 g/mol. The second-order valence-corrected chi connectivity index (χ2v) is 5.01. The average Bonchev–Trinajstić information content (AvgIpc) is 2.90. The smallest absolute Gasteiger partial charge is 0.339 e. The van der Waals surface area contributed by atoms with Crippen molar-refractivity contribution in [2.45, 2.75) is 46.2 Å². The summed E-state index contributed by atoms with van der Waals surface area (Å²) >= 11 is 0. The number of hydrogen-bond acceptors (Lipinski definition) is 4. The van der Waals surface area contributed by atoms with Gasteiger partial charge < -0.3 is 19.7 Å². The minimum atomic E-state index is -0.940. The number of aromatic carboxylic acids is 1. The summed E-state index contributed by atoms with van der Waals surface area (Å²) in [6.07, 6.45) is 3.63. The normalized spacial score (nSPS) is 12.8. The van der Waals surface area contributed by atoms with Crippen LogP contribution in [-0.2, 0) is 6.54 Å². The van der Waals surface area contributed by atoms with Crippen molar-refractivity contribution in [2.24, 2.45) is 0 Å². The topological polar surface area (TPSA) is 65.7 Å². The van der Waals surface area contributed by atoms with Crippen molar-refractivity contribution in [3.63, 3.8) is 0 Å². The van der Waals surface area contributed by atoms with Crippen LogP contribution < -0.4 is 5.32 Å². The molecule has 114 valence electrons. The van der Waals surface area contributed by atoms with Crippen LogP contribution in [0, 0.1) is 0 Å². The molecule has 0 aliphatic rings. The van der Waals surface area contributed by atoms with Gasteiger partial charge in [0.15, 0.2) is 0 Å². The van der Waals surface area contributed by atoms with E-state index < -0.39 is 5.97 Å². The molecule has 1 aromatic heterocycles. The molecule has 1 rings (SSSR count). The third-order valence-electron chi connectivity index (χ3n) is 3.59. The fourth-order valence-corrected chi connectivity index (χ4v) is 2.20. The first kappa shape index (κ1) is 16.7. The molecular formula is C15H26N2O3. The van der Waals surface area contributed by atoms with Crippen LogP contribution in [0.1, 0.15) is 49.7 Å². The first-order chi connectivity index (χ1) is 9.58. The van der Waals surface area contributed by atoms with Gasteiger partial charge in [0, 0.05) is 6.04 Å². The van der Waals surface area contributed by atoms with Gasteiger partial charge in [-0.15, -0.1) is 0 Å². The lowest BCUT2D eigenvalue weighted by Crippen LogP contribution is -2.29. The fourth-order valence-electron chi connectivity index (χ4n) is 2.20. The van der Waals surface area contributed by atoms with E-state index in [1.807, 2.05) is 0 Å². The number of carboxylic acid groups (broad SMARTS) is 1. The molecule has 0 aliphatic heterocycles. The molecule has 5 heteroatoms. The van der Waals surface area contributed by atoms with E-state index in [1.54, 1.807) is 0 Å². The van der Waals surface area contributed by atoms with Crippen molar-refractivity contribution in [1.29, 1.82) is 0 Å². The lowest BCUT2D eigenvalue weighted by atomic mass is 10.1. The van der Waals surface area contributed by atoms with Gasteiger partial charge in [0.05, 0.1) is 12.8 Å². The predicted molar refractivity (Wildman–Crippen MR) is 79.0 cm³/mol. The molecule has 0 saturated carbocycles. The highest BCUT2D eigenvalue weighted by Gasteiger charge is 2.13. The number of carboxylic acids is 1. The number of nitrogens with zero attached hydrogens (tertiary/aromatic N) is 1. The zero-order chi connectivity index (χ0) is 15.0. The van der Waals surface area contributed by atoms with E-state index in [-0.39, 0.29) is 5.56 Å². The van der Waals surface area contributed by atoms with E-state index in [4.69, 9.17) is 9.52 Å². The van der Waals surface area contributed by atoms with Gasteiger partial charge in [-0.3, -0.25) is 0 Å². The van der Waals surface area contributed by atoms with Crippen LogP contribution in [0.2, 0.25) is 0 Å². The van der Waals surface area contributed by atoms with Gasteiger partial charge in [0.2, 0.25) is 0 Å². The molecule has 1 aromatic rings. The van der Waals surface area contributed by atoms with Crippen LogP contribution in [-0.4, -0.2) is 41.7 Å². The molecule has 0 saturated heterocycles. The second-order valence-electron chi connectivity index (χ2n) is 5.01. The molecule has 0 aromatic carbocycles. The lowest BCUT2D eigenvalue weighted by molar-refractivity contribution is 0.0694. The Hall–Kier alpha value is -1.33. The molecule has 0 spiro atoms. The Bertz CT molecular complexity index is 400. The highest BCUT2D eigenvalue weighted by atomic mass is 16.4. The van der Waals surface area contributed by atoms with Crippen LogP contribution in [0.15, 0.2) is 16.7 Å². The summed E-state index contributed by atoms with van der Waals surface area (Å²) in [6, 6.07) is 1.84. The summed E-state index contributed by atoms with van der Waals surface area (Å²) in [6.45, 7) is 10.2. The Balaban J connectivity index is 2.27. The van der Waals surface area contributed by atoms with Crippen molar-refractivity contribution < 1.29 is 14.3 Å². The first-order valence-electron chi connectivity index (χ1n) is 7.33. The second kappa shape index (κ2) is 8.76. The van der Waals surface area contributed by atoms with E-state index in [2.05, 4.69) is 31.0 Å². The van der Waals surface area contributed by atoms with Gasteiger partial charge in [-0.25, -0.2) is 4.79 Å². The molecule has 5 nitrogen and oxygen atoms in total. The lowest BCUT2D eigenvalue weighted by Gasteiger charge is -2.19. The molecule has 1 heterocycles. The van der Waals surface area contributed by atoms with Crippen LogP contribution in [0.3, 0.4) is 0 Å². The summed E-state index contributed by atoms with van der Waals surface area (Å²) in [5, 5.41) is 12.3. The molecule has 0 amide bonds. The zero-order valence-electron chi connectivity index (χ0n) is 12.7. The summed E-state index contributed by atoms with van der Waals surface area (Å²) in [7, 11) is 0. The third kappa shape index (κ3) is 5.35. The van der Waals surface area contributed by atoms with Gasteiger partial charge in [-0.1, -0.05) is 13.8 Å². The summed E-state index contributed by atoms with van der Waals surface area (Å²) in [5.74, 6) is -0.446. The minimum absolute atomic E-state index is 0.243. The fraction of sp³-hybridized carbons (Fsp3) is 0.667. The maximum Gasteiger partial charge on any atom is 0.339 e. The molecule has 2 N–H and O–H groups in total. The molecule has 1 atom stereocenters. The molecular weight excluding hydrogens is 256 g/mol. The Morgan fingerprint density at radius 2 is 2.15 bits per heavy atom. The number of hydrogen-bond donors (Lipinski definition) is 2. The highest BCUT2D eigenvalue weighted by Crippen LogP contribution is 2.11. The van der Waals surface area contributed by atoms with E-state index in [0.29, 0.717) is 18.3 Å². The van der Waals surface area contributed by atoms with E-state index >= 15 is 0 Å². The monoisotopic (exact) mass is 282 g/mol. The van der Waals surface area contributed by atoms with Crippen molar-refractivity contribution in [1.82, 2.24) is 10.2 Å². The predicted octanol–water partition coefficient (Wildman–Crippen LogP) is 2.58. The Morgan fingerprint density at radius 1 is 1.45 bits per heavy atom. The maximum atomic E-state index is 10.9. The van der Waals surface area contributed by atoms with Gasteiger partial charge in [-0.05, 0) is 45.5 Å². The Kier molecular flexibility index (Phi) is 7.33. The van der Waals surface area contributed by atoms with Crippen molar-refractivity contribution in [3.05, 3.63) is 23.7 Å². The van der Waals surface area contributed by atoms with E-state index in [9.17, 15) is 4.79 Å². The van der Waals surface area contributed by atoms with Gasteiger partial charge in [0.25, 0.3) is 0 Å². The van der Waals surface area contributed by atoms with Crippen LogP contribution in [0.5, 0.6) is 0 Å². The van der Waals surface area contributed by atoms with E-state index in [1.165, 1.54) is 12.3 Å². The van der Waals surface area contributed by atoms with Gasteiger partial charge >= 0.3 is 5.97 Å². The molecule has 0 fully saturated rings. The number of rotatable bonds is 10. The number of carbonyl (C=O) groups is 1. The van der Waals surface area contributed by atoms with Crippen molar-refractivity contribution in [3.8, 4) is 0 Å². The standard InChI is InChI=1S/C15H26N2O3/c1-4-17(5-2)9-6-7-12(3)16-11-14-13(15(18)19)8-10-20-14/h8,10,12,16H,4-7,9,11H2,1-3H3,(H,18,19). The zero-order valence-corrected chi connectivity index (χ0v) is 12.7. The van der Waals surface area contributed by atoms with Gasteiger partial charge in [0.1, 0.15) is 11.3 Å². The number of nitrogens with one attached hydrogen (secondary N) is 1. The number of furan rings is 1. The molecule has 0 radical (unpaired) electrons. The summed E-state index contributed by atoms with van der Waals surface area (Å²) in [4.78, 5) is 13.4. The van der Waals surface area contributed by atoms with Crippen molar-refractivity contribution in [2.75, 3.05) is 19.6 Å². The van der Waals surface area contributed by atoms with E-state index in [0.717, 1.165) is 32.5 Å². The maximum absolute atomic E-state index is 10.9. The quantitative estimate of drug-likeness (QED) is 0.690. The largest absolute Gasteiger partial charge is 0.478 e. The Morgan fingerprint density at radius 3 is 2.75 bits per heavy atom. The Labute approximate surface area is 121 Å². The highest BCUT2D eigenvalue weighted by molar-refractivity contribution is 5.88. The van der Waals surface area contributed by atoms with Crippen molar-refractivity contribution >= 4 is 5.97 Å². The summed E-state index contributed by atoms with van der Waals surface area (Å²) < 4.78 is 5.20.